The Morgan fingerprint density at radius 3 is 2.37 bits per heavy atom. The maximum atomic E-state index is 12.1. The van der Waals surface area contributed by atoms with Crippen LogP contribution in [0.5, 0.6) is 11.5 Å². The van der Waals surface area contributed by atoms with E-state index in [1.54, 1.807) is 6.92 Å². The zero-order chi connectivity index (χ0) is 22.4. The third kappa shape index (κ3) is 4.87. The van der Waals surface area contributed by atoms with E-state index >= 15 is 0 Å². The zero-order valence-electron chi connectivity index (χ0n) is 15.9. The molecule has 6 N–H and O–H groups in total. The summed E-state index contributed by atoms with van der Waals surface area (Å²) in [7, 11) is 0. The zero-order valence-corrected chi connectivity index (χ0v) is 15.9. The van der Waals surface area contributed by atoms with Crippen molar-refractivity contribution in [3.8, 4) is 22.6 Å². The van der Waals surface area contributed by atoms with Gasteiger partial charge in [-0.1, -0.05) is 0 Å². The molecule has 0 saturated heterocycles. The highest BCUT2D eigenvalue weighted by molar-refractivity contribution is 6.08. The molecule has 0 aliphatic rings. The van der Waals surface area contributed by atoms with Gasteiger partial charge in [-0.3, -0.25) is 9.59 Å². The van der Waals surface area contributed by atoms with Crippen molar-refractivity contribution in [1.82, 2.24) is 4.98 Å². The number of benzene rings is 1. The Bertz CT molecular complexity index is 1040. The summed E-state index contributed by atoms with van der Waals surface area (Å²) in [6, 6.07) is 3.70. The van der Waals surface area contributed by atoms with E-state index in [0.717, 1.165) is 6.07 Å². The SMILES string of the molecule is CCOC(=O)CCCOc1ccc(-c2c(C(=O)O)c(N)[nH]c(=O)c2C(=O)O)c(O)c1. The molecular formula is C19H20N2O9. The molecule has 11 heteroatoms. The normalized spacial score (nSPS) is 10.4. The third-order valence-electron chi connectivity index (χ3n) is 4.01. The second kappa shape index (κ2) is 9.45. The lowest BCUT2D eigenvalue weighted by Gasteiger charge is -2.14. The predicted molar refractivity (Wildman–Crippen MR) is 104 cm³/mol. The summed E-state index contributed by atoms with van der Waals surface area (Å²) in [5.41, 5.74) is 2.17. The second-order valence-corrected chi connectivity index (χ2v) is 6.04. The van der Waals surface area contributed by atoms with Gasteiger partial charge in [0, 0.05) is 23.6 Å². The number of nitrogens with two attached hydrogens (primary N) is 1. The van der Waals surface area contributed by atoms with E-state index in [4.69, 9.17) is 15.2 Å². The number of aromatic hydroxyl groups is 1. The third-order valence-corrected chi connectivity index (χ3v) is 4.01. The van der Waals surface area contributed by atoms with Crippen molar-refractivity contribution in [3.05, 3.63) is 39.7 Å². The number of hydrogen-bond donors (Lipinski definition) is 5. The van der Waals surface area contributed by atoms with Crippen molar-refractivity contribution >= 4 is 23.7 Å². The van der Waals surface area contributed by atoms with Gasteiger partial charge in [0.05, 0.1) is 13.2 Å². The number of carbonyl (C=O) groups is 3. The van der Waals surface area contributed by atoms with Crippen molar-refractivity contribution in [2.45, 2.75) is 19.8 Å². The largest absolute Gasteiger partial charge is 0.507 e. The van der Waals surface area contributed by atoms with E-state index in [-0.39, 0.29) is 36.9 Å². The monoisotopic (exact) mass is 420 g/mol. The van der Waals surface area contributed by atoms with Crippen molar-refractivity contribution < 1.29 is 39.2 Å². The first-order valence-electron chi connectivity index (χ1n) is 8.81. The number of ether oxygens (including phenoxy) is 2. The van der Waals surface area contributed by atoms with Crippen LogP contribution in [0.15, 0.2) is 23.0 Å². The van der Waals surface area contributed by atoms with Gasteiger partial charge in [-0.15, -0.1) is 0 Å². The summed E-state index contributed by atoms with van der Waals surface area (Å²) in [6.45, 7) is 2.10. The van der Waals surface area contributed by atoms with Crippen LogP contribution in [0.4, 0.5) is 5.82 Å². The van der Waals surface area contributed by atoms with Gasteiger partial charge in [0.15, 0.2) is 0 Å². The number of phenolic OH excluding ortho intramolecular Hbond substituents is 1. The number of pyridine rings is 1. The van der Waals surface area contributed by atoms with Gasteiger partial charge in [-0.05, 0) is 25.5 Å². The number of hydrogen-bond acceptors (Lipinski definition) is 8. The fraction of sp³-hybridized carbons (Fsp3) is 0.263. The fourth-order valence-electron chi connectivity index (χ4n) is 2.77. The molecule has 0 amide bonds. The summed E-state index contributed by atoms with van der Waals surface area (Å²) in [5, 5.41) is 29.2. The summed E-state index contributed by atoms with van der Waals surface area (Å²) in [6.07, 6.45) is 0.506. The van der Waals surface area contributed by atoms with E-state index in [1.165, 1.54) is 12.1 Å². The highest BCUT2D eigenvalue weighted by Gasteiger charge is 2.28. The van der Waals surface area contributed by atoms with Gasteiger partial charge < -0.3 is 35.5 Å². The molecule has 0 bridgehead atoms. The lowest BCUT2D eigenvalue weighted by Crippen LogP contribution is -2.24. The number of nitrogens with one attached hydrogen (secondary N) is 1. The molecule has 0 unspecified atom stereocenters. The molecule has 1 heterocycles. The minimum absolute atomic E-state index is 0.135. The van der Waals surface area contributed by atoms with Crippen LogP contribution in [-0.4, -0.2) is 51.4 Å². The van der Waals surface area contributed by atoms with Crippen molar-refractivity contribution in [1.29, 1.82) is 0 Å². The second-order valence-electron chi connectivity index (χ2n) is 6.04. The van der Waals surface area contributed by atoms with Crippen molar-refractivity contribution in [2.24, 2.45) is 0 Å². The van der Waals surface area contributed by atoms with Gasteiger partial charge in [-0.25, -0.2) is 9.59 Å². The van der Waals surface area contributed by atoms with E-state index in [2.05, 4.69) is 0 Å². The number of esters is 1. The lowest BCUT2D eigenvalue weighted by molar-refractivity contribution is -0.143. The van der Waals surface area contributed by atoms with E-state index in [9.17, 15) is 34.5 Å². The van der Waals surface area contributed by atoms with Crippen molar-refractivity contribution in [2.75, 3.05) is 18.9 Å². The van der Waals surface area contributed by atoms with Gasteiger partial charge in [-0.2, -0.15) is 0 Å². The van der Waals surface area contributed by atoms with Crippen LogP contribution >= 0.6 is 0 Å². The molecule has 1 aromatic heterocycles. The Morgan fingerprint density at radius 1 is 1.13 bits per heavy atom. The Hall–Kier alpha value is -4.02. The fourth-order valence-corrected chi connectivity index (χ4v) is 2.77. The van der Waals surface area contributed by atoms with Gasteiger partial charge in [0.2, 0.25) is 0 Å². The quantitative estimate of drug-likeness (QED) is 0.293. The molecular weight excluding hydrogens is 400 g/mol. The molecule has 0 fully saturated rings. The molecule has 0 spiro atoms. The van der Waals surface area contributed by atoms with Crippen LogP contribution in [0.25, 0.3) is 11.1 Å². The number of aromatic carboxylic acids is 2. The topological polar surface area (TPSA) is 189 Å². The standard InChI is InChI=1S/C19H20N2O9/c1-2-29-12(23)4-3-7-30-9-5-6-10(11(22)8-9)13-14(18(25)26)16(20)21-17(24)15(13)19(27)28/h5-6,8,22H,2-4,7H2,1H3,(H,25,26)(H,27,28)(H3,20,21,24). The maximum Gasteiger partial charge on any atom is 0.342 e. The van der Waals surface area contributed by atoms with E-state index in [1.807, 2.05) is 4.98 Å². The van der Waals surface area contributed by atoms with Gasteiger partial charge >= 0.3 is 17.9 Å². The van der Waals surface area contributed by atoms with Crippen LogP contribution in [0.2, 0.25) is 0 Å². The molecule has 1 aromatic carbocycles. The number of carbonyl (C=O) groups excluding carboxylic acids is 1. The number of anilines is 1. The van der Waals surface area contributed by atoms with Gasteiger partial charge in [0.1, 0.15) is 28.4 Å². The van der Waals surface area contributed by atoms with Crippen LogP contribution in [0, 0.1) is 0 Å². The number of phenols is 1. The maximum absolute atomic E-state index is 12.1. The van der Waals surface area contributed by atoms with Crippen LogP contribution in [0.3, 0.4) is 0 Å². The highest BCUT2D eigenvalue weighted by Crippen LogP contribution is 2.37. The molecule has 30 heavy (non-hydrogen) atoms. The minimum Gasteiger partial charge on any atom is -0.507 e. The number of rotatable bonds is 9. The Morgan fingerprint density at radius 2 is 1.80 bits per heavy atom. The molecule has 11 nitrogen and oxygen atoms in total. The van der Waals surface area contributed by atoms with E-state index < -0.39 is 45.8 Å². The molecule has 0 aliphatic heterocycles. The van der Waals surface area contributed by atoms with Crippen LogP contribution < -0.4 is 16.0 Å². The Balaban J connectivity index is 2.37. The number of aromatic amines is 1. The molecule has 0 radical (unpaired) electrons. The van der Waals surface area contributed by atoms with Crippen LogP contribution in [-0.2, 0) is 9.53 Å². The first kappa shape index (κ1) is 22.3. The Kier molecular flexibility index (Phi) is 7.02. The smallest absolute Gasteiger partial charge is 0.342 e. The summed E-state index contributed by atoms with van der Waals surface area (Å²) in [5.74, 6) is -4.52. The van der Waals surface area contributed by atoms with Crippen LogP contribution in [0.1, 0.15) is 40.5 Å². The minimum atomic E-state index is -1.69. The number of nitrogen functional groups attached to an aromatic ring is 1. The first-order chi connectivity index (χ1) is 14.2. The first-order valence-corrected chi connectivity index (χ1v) is 8.81. The highest BCUT2D eigenvalue weighted by atomic mass is 16.5. The molecule has 0 saturated carbocycles. The number of aromatic nitrogens is 1. The lowest BCUT2D eigenvalue weighted by atomic mass is 9.94. The molecule has 2 rings (SSSR count). The number of carboxylic acid groups (broad SMARTS) is 2. The average Bonchev–Trinajstić information content (AvgIpc) is 2.64. The Labute approximate surface area is 169 Å². The molecule has 0 aliphatic carbocycles. The summed E-state index contributed by atoms with van der Waals surface area (Å²) >= 11 is 0. The van der Waals surface area contributed by atoms with E-state index in [0.29, 0.717) is 6.42 Å². The molecule has 2 aromatic rings. The average molecular weight is 420 g/mol. The summed E-state index contributed by atoms with van der Waals surface area (Å²) in [4.78, 5) is 48.5. The summed E-state index contributed by atoms with van der Waals surface area (Å²) < 4.78 is 10.2. The number of H-pyrrole nitrogens is 1. The van der Waals surface area contributed by atoms with Crippen molar-refractivity contribution in [3.63, 3.8) is 0 Å². The number of carboxylic acids is 2. The predicted octanol–water partition coefficient (Wildman–Crippen LogP) is 1.45. The van der Waals surface area contributed by atoms with Gasteiger partial charge in [0.25, 0.3) is 5.56 Å². The molecule has 160 valence electrons. The molecule has 0 atom stereocenters.